The third-order valence-corrected chi connectivity index (χ3v) is 2.07. The molecule has 0 aliphatic rings. The summed E-state index contributed by atoms with van der Waals surface area (Å²) in [5.41, 5.74) is 6.18. The van der Waals surface area contributed by atoms with E-state index in [2.05, 4.69) is 26.2 Å². The van der Waals surface area contributed by atoms with E-state index in [9.17, 15) is 4.79 Å². The molecular formula is C8H10BrN3O. The van der Waals surface area contributed by atoms with Crippen LogP contribution in [0.2, 0.25) is 0 Å². The molecule has 4 nitrogen and oxygen atoms in total. The SMILES string of the molecule is CCNc1ccc(C(N)=O)nc1Br. The first-order valence-corrected chi connectivity index (χ1v) is 4.64. The van der Waals surface area contributed by atoms with Crippen molar-refractivity contribution in [3.8, 4) is 0 Å². The Hall–Kier alpha value is -1.10. The summed E-state index contributed by atoms with van der Waals surface area (Å²) in [5, 5.41) is 3.08. The third kappa shape index (κ3) is 2.42. The van der Waals surface area contributed by atoms with Crippen LogP contribution in [0.3, 0.4) is 0 Å². The standard InChI is InChI=1S/C8H10BrN3O/c1-2-11-5-3-4-6(8(10)13)12-7(5)9/h3-4,11H,2H2,1H3,(H2,10,13). The summed E-state index contributed by atoms with van der Waals surface area (Å²) in [4.78, 5) is 14.7. The fourth-order valence-electron chi connectivity index (χ4n) is 0.894. The predicted molar refractivity (Wildman–Crippen MR) is 54.6 cm³/mol. The molecule has 13 heavy (non-hydrogen) atoms. The fraction of sp³-hybridized carbons (Fsp3) is 0.250. The monoisotopic (exact) mass is 243 g/mol. The van der Waals surface area contributed by atoms with Gasteiger partial charge in [0.05, 0.1) is 5.69 Å². The first-order valence-electron chi connectivity index (χ1n) is 3.85. The van der Waals surface area contributed by atoms with Crippen LogP contribution in [0.1, 0.15) is 17.4 Å². The molecular weight excluding hydrogens is 234 g/mol. The van der Waals surface area contributed by atoms with Gasteiger partial charge in [0.15, 0.2) is 0 Å². The molecule has 1 aromatic heterocycles. The third-order valence-electron chi connectivity index (χ3n) is 1.47. The number of primary amides is 1. The van der Waals surface area contributed by atoms with E-state index in [-0.39, 0.29) is 5.69 Å². The Morgan fingerprint density at radius 3 is 2.85 bits per heavy atom. The molecule has 0 spiro atoms. The summed E-state index contributed by atoms with van der Waals surface area (Å²) in [5.74, 6) is -0.524. The number of carbonyl (C=O) groups excluding carboxylic acids is 1. The van der Waals surface area contributed by atoms with Crippen LogP contribution in [-0.2, 0) is 0 Å². The number of carbonyl (C=O) groups is 1. The van der Waals surface area contributed by atoms with E-state index < -0.39 is 5.91 Å². The highest BCUT2D eigenvalue weighted by Crippen LogP contribution is 2.19. The fourth-order valence-corrected chi connectivity index (χ4v) is 1.36. The number of hydrogen-bond donors (Lipinski definition) is 2. The minimum absolute atomic E-state index is 0.258. The number of rotatable bonds is 3. The van der Waals surface area contributed by atoms with Crippen molar-refractivity contribution in [2.75, 3.05) is 11.9 Å². The minimum Gasteiger partial charge on any atom is -0.383 e. The highest BCUT2D eigenvalue weighted by Gasteiger charge is 2.05. The zero-order chi connectivity index (χ0) is 9.84. The largest absolute Gasteiger partial charge is 0.383 e. The van der Waals surface area contributed by atoms with Crippen LogP contribution in [0.4, 0.5) is 5.69 Å². The first-order chi connectivity index (χ1) is 6.15. The van der Waals surface area contributed by atoms with Gasteiger partial charge in [-0.1, -0.05) is 0 Å². The molecule has 0 aromatic carbocycles. The zero-order valence-electron chi connectivity index (χ0n) is 7.17. The van der Waals surface area contributed by atoms with Gasteiger partial charge in [-0.3, -0.25) is 4.79 Å². The molecule has 1 amide bonds. The maximum atomic E-state index is 10.7. The van der Waals surface area contributed by atoms with Gasteiger partial charge in [0, 0.05) is 6.54 Å². The Balaban J connectivity index is 2.98. The number of amides is 1. The predicted octanol–water partition coefficient (Wildman–Crippen LogP) is 1.37. The molecule has 0 saturated carbocycles. The lowest BCUT2D eigenvalue weighted by atomic mass is 10.3. The smallest absolute Gasteiger partial charge is 0.267 e. The maximum Gasteiger partial charge on any atom is 0.267 e. The van der Waals surface area contributed by atoms with Crippen molar-refractivity contribution < 1.29 is 4.79 Å². The minimum atomic E-state index is -0.524. The van der Waals surface area contributed by atoms with Gasteiger partial charge in [0.2, 0.25) is 0 Å². The average molecular weight is 244 g/mol. The van der Waals surface area contributed by atoms with Gasteiger partial charge in [0.1, 0.15) is 10.3 Å². The highest BCUT2D eigenvalue weighted by atomic mass is 79.9. The van der Waals surface area contributed by atoms with Crippen molar-refractivity contribution in [2.45, 2.75) is 6.92 Å². The molecule has 0 unspecified atom stereocenters. The van der Waals surface area contributed by atoms with E-state index in [0.717, 1.165) is 12.2 Å². The van der Waals surface area contributed by atoms with E-state index in [1.165, 1.54) is 0 Å². The lowest BCUT2D eigenvalue weighted by Gasteiger charge is -2.05. The number of halogens is 1. The van der Waals surface area contributed by atoms with Crippen molar-refractivity contribution >= 4 is 27.5 Å². The number of aromatic nitrogens is 1. The van der Waals surface area contributed by atoms with Gasteiger partial charge < -0.3 is 11.1 Å². The number of anilines is 1. The van der Waals surface area contributed by atoms with Crippen LogP contribution in [0.15, 0.2) is 16.7 Å². The van der Waals surface area contributed by atoms with Gasteiger partial charge in [0.25, 0.3) is 5.91 Å². The molecule has 1 heterocycles. The summed E-state index contributed by atoms with van der Waals surface area (Å²) >= 11 is 3.24. The second-order valence-electron chi connectivity index (χ2n) is 2.43. The number of nitrogens with one attached hydrogen (secondary N) is 1. The molecule has 0 atom stereocenters. The Kier molecular flexibility index (Phi) is 3.25. The quantitative estimate of drug-likeness (QED) is 0.789. The van der Waals surface area contributed by atoms with E-state index in [0.29, 0.717) is 4.60 Å². The topological polar surface area (TPSA) is 68.0 Å². The molecule has 5 heteroatoms. The summed E-state index contributed by atoms with van der Waals surface area (Å²) in [7, 11) is 0. The van der Waals surface area contributed by atoms with Gasteiger partial charge >= 0.3 is 0 Å². The van der Waals surface area contributed by atoms with Gasteiger partial charge in [-0.15, -0.1) is 0 Å². The zero-order valence-corrected chi connectivity index (χ0v) is 8.76. The van der Waals surface area contributed by atoms with E-state index in [1.54, 1.807) is 12.1 Å². The van der Waals surface area contributed by atoms with Crippen LogP contribution < -0.4 is 11.1 Å². The van der Waals surface area contributed by atoms with Crippen molar-refractivity contribution in [2.24, 2.45) is 5.73 Å². The molecule has 0 saturated heterocycles. The molecule has 1 aromatic rings. The summed E-state index contributed by atoms with van der Waals surface area (Å²) < 4.78 is 0.602. The van der Waals surface area contributed by atoms with Gasteiger partial charge in [-0.25, -0.2) is 4.98 Å². The van der Waals surface area contributed by atoms with Gasteiger partial charge in [-0.05, 0) is 35.0 Å². The summed E-state index contributed by atoms with van der Waals surface area (Å²) in [6, 6.07) is 3.35. The maximum absolute atomic E-state index is 10.7. The molecule has 0 aliphatic carbocycles. The number of pyridine rings is 1. The second-order valence-corrected chi connectivity index (χ2v) is 3.18. The molecule has 0 aliphatic heterocycles. The van der Waals surface area contributed by atoms with Crippen molar-refractivity contribution in [3.05, 3.63) is 22.4 Å². The van der Waals surface area contributed by atoms with Crippen molar-refractivity contribution in [1.82, 2.24) is 4.98 Å². The van der Waals surface area contributed by atoms with Crippen LogP contribution in [0.5, 0.6) is 0 Å². The molecule has 1 rings (SSSR count). The Morgan fingerprint density at radius 1 is 1.69 bits per heavy atom. The van der Waals surface area contributed by atoms with Crippen LogP contribution >= 0.6 is 15.9 Å². The average Bonchev–Trinajstić information content (AvgIpc) is 2.08. The van der Waals surface area contributed by atoms with Crippen LogP contribution in [0.25, 0.3) is 0 Å². The van der Waals surface area contributed by atoms with Crippen LogP contribution in [-0.4, -0.2) is 17.4 Å². The number of hydrogen-bond acceptors (Lipinski definition) is 3. The summed E-state index contributed by atoms with van der Waals surface area (Å²) in [6.45, 7) is 2.78. The van der Waals surface area contributed by atoms with Gasteiger partial charge in [-0.2, -0.15) is 0 Å². The lowest BCUT2D eigenvalue weighted by Crippen LogP contribution is -2.13. The first kappa shape index (κ1) is 9.98. The molecule has 0 bridgehead atoms. The second kappa shape index (κ2) is 4.23. The van der Waals surface area contributed by atoms with Crippen LogP contribution in [0, 0.1) is 0 Å². The van der Waals surface area contributed by atoms with E-state index in [4.69, 9.17) is 5.73 Å². The molecule has 0 radical (unpaired) electrons. The Morgan fingerprint density at radius 2 is 2.38 bits per heavy atom. The number of nitrogens with zero attached hydrogens (tertiary/aromatic N) is 1. The molecule has 0 fully saturated rings. The molecule has 70 valence electrons. The number of nitrogens with two attached hydrogens (primary N) is 1. The Labute approximate surface area is 84.7 Å². The van der Waals surface area contributed by atoms with E-state index >= 15 is 0 Å². The molecule has 3 N–H and O–H groups in total. The Bertz CT molecular complexity index is 327. The van der Waals surface area contributed by atoms with Crippen molar-refractivity contribution in [1.29, 1.82) is 0 Å². The highest BCUT2D eigenvalue weighted by molar-refractivity contribution is 9.10. The lowest BCUT2D eigenvalue weighted by molar-refractivity contribution is 0.0995. The summed E-state index contributed by atoms with van der Waals surface area (Å²) in [6.07, 6.45) is 0. The van der Waals surface area contributed by atoms with E-state index in [1.807, 2.05) is 6.92 Å². The van der Waals surface area contributed by atoms with Crippen molar-refractivity contribution in [3.63, 3.8) is 0 Å². The normalized spacial score (nSPS) is 9.69.